The second kappa shape index (κ2) is 7.83. The molecule has 2 aromatic rings. The van der Waals surface area contributed by atoms with Gasteiger partial charge in [0.15, 0.2) is 0 Å². The predicted octanol–water partition coefficient (Wildman–Crippen LogP) is 4.71. The van der Waals surface area contributed by atoms with Gasteiger partial charge in [0, 0.05) is 21.7 Å². The van der Waals surface area contributed by atoms with Crippen molar-refractivity contribution >= 4 is 23.4 Å². The summed E-state index contributed by atoms with van der Waals surface area (Å²) in [7, 11) is 1.94. The van der Waals surface area contributed by atoms with Crippen LogP contribution in [-0.2, 0) is 6.42 Å². The molecule has 0 radical (unpaired) electrons. The third-order valence-corrected chi connectivity index (χ3v) is 4.89. The molecule has 4 heteroatoms. The van der Waals surface area contributed by atoms with E-state index in [2.05, 4.69) is 36.5 Å². The summed E-state index contributed by atoms with van der Waals surface area (Å²) in [5.74, 6) is 0.645. The van der Waals surface area contributed by atoms with Crippen molar-refractivity contribution < 1.29 is 4.39 Å². The van der Waals surface area contributed by atoms with Gasteiger partial charge in [0.1, 0.15) is 5.82 Å². The van der Waals surface area contributed by atoms with E-state index in [4.69, 9.17) is 11.6 Å². The second-order valence-corrected chi connectivity index (χ2v) is 6.55. The van der Waals surface area contributed by atoms with Gasteiger partial charge in [0.25, 0.3) is 0 Å². The molecule has 0 fully saturated rings. The number of hydrogen-bond donors (Lipinski definition) is 1. The maximum absolute atomic E-state index is 13.1. The summed E-state index contributed by atoms with van der Waals surface area (Å²) in [6.45, 7) is 2.08. The van der Waals surface area contributed by atoms with Crippen LogP contribution in [0.25, 0.3) is 0 Å². The van der Waals surface area contributed by atoms with E-state index < -0.39 is 0 Å². The monoisotopic (exact) mass is 323 g/mol. The van der Waals surface area contributed by atoms with Crippen LogP contribution in [0.1, 0.15) is 11.1 Å². The third-order valence-electron chi connectivity index (χ3n) is 3.36. The molecule has 112 valence electrons. The van der Waals surface area contributed by atoms with E-state index >= 15 is 0 Å². The van der Waals surface area contributed by atoms with Crippen molar-refractivity contribution in [3.8, 4) is 0 Å². The van der Waals surface area contributed by atoms with Crippen LogP contribution in [0, 0.1) is 12.7 Å². The zero-order valence-corrected chi connectivity index (χ0v) is 13.8. The van der Waals surface area contributed by atoms with Crippen LogP contribution in [0.4, 0.5) is 4.39 Å². The molecule has 1 N–H and O–H groups in total. The SMILES string of the molecule is CNC(CSc1ccc(C)cc1)Cc1ccc(F)cc1Cl. The van der Waals surface area contributed by atoms with Crippen LogP contribution in [0.2, 0.25) is 5.02 Å². The van der Waals surface area contributed by atoms with Gasteiger partial charge in [0.05, 0.1) is 0 Å². The summed E-state index contributed by atoms with van der Waals surface area (Å²) in [6, 6.07) is 13.4. The Morgan fingerprint density at radius 3 is 2.52 bits per heavy atom. The van der Waals surface area contributed by atoms with Crippen LogP contribution in [0.3, 0.4) is 0 Å². The van der Waals surface area contributed by atoms with Gasteiger partial charge in [-0.3, -0.25) is 0 Å². The molecule has 1 unspecified atom stereocenters. The third kappa shape index (κ3) is 5.03. The molecule has 1 nitrogen and oxygen atoms in total. The fourth-order valence-electron chi connectivity index (χ4n) is 2.03. The minimum Gasteiger partial charge on any atom is -0.316 e. The van der Waals surface area contributed by atoms with E-state index in [-0.39, 0.29) is 5.82 Å². The van der Waals surface area contributed by atoms with Gasteiger partial charge in [-0.05, 0) is 50.2 Å². The van der Waals surface area contributed by atoms with Crippen LogP contribution < -0.4 is 5.32 Å². The quantitative estimate of drug-likeness (QED) is 0.773. The number of hydrogen-bond acceptors (Lipinski definition) is 2. The lowest BCUT2D eigenvalue weighted by atomic mass is 10.1. The highest BCUT2D eigenvalue weighted by Crippen LogP contribution is 2.23. The highest BCUT2D eigenvalue weighted by Gasteiger charge is 2.11. The lowest BCUT2D eigenvalue weighted by molar-refractivity contribution is 0.610. The number of rotatable bonds is 6. The van der Waals surface area contributed by atoms with Crippen molar-refractivity contribution in [2.45, 2.75) is 24.3 Å². The predicted molar refractivity (Wildman–Crippen MR) is 89.9 cm³/mol. The molecule has 0 aromatic heterocycles. The lowest BCUT2D eigenvalue weighted by Crippen LogP contribution is -2.30. The van der Waals surface area contributed by atoms with E-state index in [1.165, 1.54) is 22.6 Å². The Morgan fingerprint density at radius 2 is 1.90 bits per heavy atom. The Balaban J connectivity index is 1.95. The van der Waals surface area contributed by atoms with Gasteiger partial charge >= 0.3 is 0 Å². The minimum atomic E-state index is -0.293. The van der Waals surface area contributed by atoms with Crippen LogP contribution in [-0.4, -0.2) is 18.8 Å². The number of halogens is 2. The molecule has 0 saturated heterocycles. The molecule has 21 heavy (non-hydrogen) atoms. The topological polar surface area (TPSA) is 12.0 Å². The van der Waals surface area contributed by atoms with Crippen molar-refractivity contribution in [3.05, 3.63) is 64.4 Å². The highest BCUT2D eigenvalue weighted by atomic mass is 35.5. The Kier molecular flexibility index (Phi) is 6.09. The van der Waals surface area contributed by atoms with Crippen LogP contribution in [0.15, 0.2) is 47.4 Å². The number of thioether (sulfide) groups is 1. The van der Waals surface area contributed by atoms with Gasteiger partial charge < -0.3 is 5.32 Å². The standard InChI is InChI=1S/C17H19ClFNS/c1-12-3-7-16(8-4-12)21-11-15(20-2)9-13-5-6-14(19)10-17(13)18/h3-8,10,15,20H,9,11H2,1-2H3. The minimum absolute atomic E-state index is 0.291. The van der Waals surface area contributed by atoms with E-state index in [1.54, 1.807) is 6.07 Å². The Bertz CT molecular complexity index is 586. The van der Waals surface area contributed by atoms with Crippen LogP contribution >= 0.6 is 23.4 Å². The number of likely N-dealkylation sites (N-methyl/N-ethyl adjacent to an activating group) is 1. The van der Waals surface area contributed by atoms with Crippen LogP contribution in [0.5, 0.6) is 0 Å². The Hall–Kier alpha value is -1.03. The summed E-state index contributed by atoms with van der Waals surface area (Å²) < 4.78 is 13.1. The fourth-order valence-corrected chi connectivity index (χ4v) is 3.28. The summed E-state index contributed by atoms with van der Waals surface area (Å²) in [4.78, 5) is 1.26. The second-order valence-electron chi connectivity index (χ2n) is 5.05. The fraction of sp³-hybridized carbons (Fsp3) is 0.294. The van der Waals surface area contributed by atoms with Gasteiger partial charge in [-0.1, -0.05) is 35.4 Å². The first-order chi connectivity index (χ1) is 10.1. The normalized spacial score (nSPS) is 12.4. The largest absolute Gasteiger partial charge is 0.316 e. The molecule has 0 aliphatic rings. The Morgan fingerprint density at radius 1 is 1.19 bits per heavy atom. The van der Waals surface area contributed by atoms with Crippen molar-refractivity contribution in [3.63, 3.8) is 0 Å². The molecule has 2 rings (SSSR count). The molecular weight excluding hydrogens is 305 g/mol. The van der Waals surface area contributed by atoms with Crippen molar-refractivity contribution in [2.75, 3.05) is 12.8 Å². The first kappa shape index (κ1) is 16.3. The molecule has 0 amide bonds. The maximum Gasteiger partial charge on any atom is 0.124 e. The summed E-state index contributed by atoms with van der Waals surface area (Å²) >= 11 is 7.90. The average molecular weight is 324 g/mol. The molecule has 0 spiro atoms. The van der Waals surface area contributed by atoms with Crippen molar-refractivity contribution in [1.82, 2.24) is 5.32 Å². The van der Waals surface area contributed by atoms with Gasteiger partial charge in [-0.15, -0.1) is 11.8 Å². The molecule has 1 atom stereocenters. The van der Waals surface area contributed by atoms with Crippen molar-refractivity contribution in [1.29, 1.82) is 0 Å². The average Bonchev–Trinajstić information content (AvgIpc) is 2.47. The van der Waals surface area contributed by atoms with Crippen molar-refractivity contribution in [2.24, 2.45) is 0 Å². The smallest absolute Gasteiger partial charge is 0.124 e. The lowest BCUT2D eigenvalue weighted by Gasteiger charge is -2.17. The molecule has 0 bridgehead atoms. The zero-order valence-electron chi connectivity index (χ0n) is 12.2. The van der Waals surface area contributed by atoms with Gasteiger partial charge in [-0.2, -0.15) is 0 Å². The molecule has 0 aliphatic carbocycles. The first-order valence-corrected chi connectivity index (χ1v) is 8.25. The number of aryl methyl sites for hydroxylation is 1. The number of benzene rings is 2. The summed E-state index contributed by atoms with van der Waals surface area (Å²) in [5, 5.41) is 3.80. The Labute approximate surface area is 134 Å². The van der Waals surface area contributed by atoms with Gasteiger partial charge in [-0.25, -0.2) is 4.39 Å². The molecule has 0 saturated carbocycles. The molecular formula is C17H19ClFNS. The first-order valence-electron chi connectivity index (χ1n) is 6.89. The van der Waals surface area contributed by atoms with Gasteiger partial charge in [0.2, 0.25) is 0 Å². The molecule has 2 aromatic carbocycles. The van der Waals surface area contributed by atoms with E-state index in [1.807, 2.05) is 18.8 Å². The maximum atomic E-state index is 13.1. The summed E-state index contributed by atoms with van der Waals surface area (Å²) in [5.41, 5.74) is 2.24. The van der Waals surface area contributed by atoms with E-state index in [0.29, 0.717) is 11.1 Å². The highest BCUT2D eigenvalue weighted by molar-refractivity contribution is 7.99. The van der Waals surface area contributed by atoms with E-state index in [9.17, 15) is 4.39 Å². The molecule has 0 heterocycles. The summed E-state index contributed by atoms with van der Waals surface area (Å²) in [6.07, 6.45) is 0.786. The van der Waals surface area contributed by atoms with E-state index in [0.717, 1.165) is 17.7 Å². The zero-order chi connectivity index (χ0) is 15.2. The molecule has 0 aliphatic heterocycles. The number of nitrogens with one attached hydrogen (secondary N) is 1.